The Morgan fingerprint density at radius 1 is 0.548 bits per heavy atom. The Kier molecular flexibility index (Phi) is 10.0. The van der Waals surface area contributed by atoms with Crippen LogP contribution in [0.4, 0.5) is 9.59 Å². The molecule has 4 aromatic carbocycles. The first-order valence-electron chi connectivity index (χ1n) is 21.0. The largest absolute Gasteiger partial charge is 0.453 e. The van der Waals surface area contributed by atoms with Gasteiger partial charge >= 0.3 is 12.2 Å². The second-order valence-electron chi connectivity index (χ2n) is 16.6. The third-order valence-electron chi connectivity index (χ3n) is 12.9. The van der Waals surface area contributed by atoms with E-state index in [1.165, 1.54) is 14.2 Å². The topological polar surface area (TPSA) is 175 Å². The molecular formula is C48H46N8O6. The van der Waals surface area contributed by atoms with E-state index in [4.69, 9.17) is 19.4 Å². The van der Waals surface area contributed by atoms with Gasteiger partial charge in [-0.25, -0.2) is 19.6 Å². The summed E-state index contributed by atoms with van der Waals surface area (Å²) in [5.74, 6) is 1.91. The summed E-state index contributed by atoms with van der Waals surface area (Å²) in [5, 5.41) is 5.50. The zero-order valence-corrected chi connectivity index (χ0v) is 34.2. The number of methoxy groups -OCH3 is 2. The van der Waals surface area contributed by atoms with Crippen molar-refractivity contribution in [3.8, 4) is 33.6 Å². The lowest BCUT2D eigenvalue weighted by molar-refractivity contribution is -0.136. The molecule has 14 heteroatoms. The smallest absolute Gasteiger partial charge is 0.407 e. The molecule has 2 aromatic heterocycles. The van der Waals surface area contributed by atoms with Crippen LogP contribution in [0.5, 0.6) is 0 Å². The molecule has 314 valence electrons. The Bertz CT molecular complexity index is 2430. The number of nitrogens with zero attached hydrogens (tertiary/aromatic N) is 4. The monoisotopic (exact) mass is 830 g/mol. The number of piperidine rings is 2. The molecule has 14 nitrogen and oxygen atoms in total. The number of carbonyl (C=O) groups is 4. The second-order valence-corrected chi connectivity index (χ2v) is 16.6. The summed E-state index contributed by atoms with van der Waals surface area (Å²) in [5.41, 5.74) is 7.14. The Morgan fingerprint density at radius 3 is 1.29 bits per heavy atom. The fourth-order valence-electron chi connectivity index (χ4n) is 9.54. The first-order chi connectivity index (χ1) is 30.3. The number of alkyl carbamates (subject to hydrolysis) is 2. The van der Waals surface area contributed by atoms with Crippen molar-refractivity contribution in [1.29, 1.82) is 0 Å². The van der Waals surface area contributed by atoms with Gasteiger partial charge in [0, 0.05) is 12.1 Å². The number of H-pyrrole nitrogens is 2. The maximum atomic E-state index is 14.1. The summed E-state index contributed by atoms with van der Waals surface area (Å²) < 4.78 is 9.74. The predicted octanol–water partition coefficient (Wildman–Crippen LogP) is 7.65. The number of likely N-dealkylation sites (tertiary alicyclic amines) is 2. The first-order valence-corrected chi connectivity index (χ1v) is 21.0. The molecule has 10 rings (SSSR count). The Hall–Kier alpha value is -7.22. The highest BCUT2D eigenvalue weighted by Gasteiger charge is 2.57. The van der Waals surface area contributed by atoms with E-state index in [2.05, 4.69) is 69.1 Å². The molecule has 0 unspecified atom stereocenters. The molecule has 2 aliphatic carbocycles. The van der Waals surface area contributed by atoms with Crippen LogP contribution < -0.4 is 10.6 Å². The van der Waals surface area contributed by atoms with E-state index in [9.17, 15) is 19.2 Å². The van der Waals surface area contributed by atoms with Gasteiger partial charge in [-0.05, 0) is 70.9 Å². The van der Waals surface area contributed by atoms with E-state index in [0.29, 0.717) is 23.0 Å². The van der Waals surface area contributed by atoms with Crippen LogP contribution in [0, 0.1) is 11.8 Å². The number of aromatic nitrogens is 4. The summed E-state index contributed by atoms with van der Waals surface area (Å²) >= 11 is 0. The molecule has 4 aliphatic rings. The number of aromatic amines is 2. The Balaban J connectivity index is 0.817. The third kappa shape index (κ3) is 7.35. The molecule has 0 spiro atoms. The Labute approximate surface area is 358 Å². The molecule has 0 bridgehead atoms. The molecule has 0 radical (unpaired) electrons. The van der Waals surface area contributed by atoms with E-state index in [-0.39, 0.29) is 36.0 Å². The van der Waals surface area contributed by atoms with Gasteiger partial charge in [-0.1, -0.05) is 109 Å². The summed E-state index contributed by atoms with van der Waals surface area (Å²) in [7, 11) is 2.58. The van der Waals surface area contributed by atoms with Crippen molar-refractivity contribution >= 4 is 24.0 Å². The number of fused-ring (bicyclic) bond motifs is 2. The van der Waals surface area contributed by atoms with E-state index in [0.717, 1.165) is 71.0 Å². The van der Waals surface area contributed by atoms with Crippen molar-refractivity contribution in [2.24, 2.45) is 11.8 Å². The van der Waals surface area contributed by atoms with Crippen LogP contribution in [0.25, 0.3) is 33.6 Å². The average molecular weight is 831 g/mol. The van der Waals surface area contributed by atoms with Crippen LogP contribution in [0.3, 0.4) is 0 Å². The standard InChI is InChI=1S/C48H46N8O6/c1-61-47(59)53-41(31-9-5-3-6-10-31)45(57)55-37-21-33(37)23-39(55)43-49-25-35(51-43)29-17-13-27(14-18-29)28-15-19-30(20-16-28)36-26-50-44(52-36)40-24-34-22-38(34)56(40)46(58)42(54-48(60)62-2)32-11-7-4-8-12-32/h3-20,25-26,33-34,37-42H,21-24H2,1-2H3,(H,49,51)(H,50,52)(H,53,59)(H,54,60)/t33-,34-,37-,38-,39-,40-,41+,42+/m0/s1. The van der Waals surface area contributed by atoms with Crippen LogP contribution in [0.15, 0.2) is 122 Å². The minimum absolute atomic E-state index is 0.114. The van der Waals surface area contributed by atoms with Crippen molar-refractivity contribution in [3.05, 3.63) is 144 Å². The van der Waals surface area contributed by atoms with Crippen LogP contribution in [-0.2, 0) is 19.1 Å². The van der Waals surface area contributed by atoms with E-state index < -0.39 is 24.3 Å². The zero-order chi connectivity index (χ0) is 42.5. The van der Waals surface area contributed by atoms with Crippen LogP contribution in [-0.4, -0.2) is 80.0 Å². The Morgan fingerprint density at radius 2 is 0.919 bits per heavy atom. The zero-order valence-electron chi connectivity index (χ0n) is 34.2. The molecule has 6 aromatic rings. The molecular weight excluding hydrogens is 785 g/mol. The number of imidazole rings is 2. The average Bonchev–Trinajstić information content (AvgIpc) is 3.90. The lowest BCUT2D eigenvalue weighted by atomic mass is 10.0. The number of carbonyl (C=O) groups excluding carboxylic acids is 4. The molecule has 4 heterocycles. The van der Waals surface area contributed by atoms with Crippen LogP contribution >= 0.6 is 0 Å². The first kappa shape index (κ1) is 38.9. The predicted molar refractivity (Wildman–Crippen MR) is 229 cm³/mol. The van der Waals surface area contributed by atoms with Gasteiger partial charge in [0.15, 0.2) is 0 Å². The highest BCUT2D eigenvalue weighted by atomic mass is 16.5. The van der Waals surface area contributed by atoms with Gasteiger partial charge in [-0.15, -0.1) is 0 Å². The van der Waals surface area contributed by atoms with Gasteiger partial charge in [0.25, 0.3) is 11.8 Å². The maximum Gasteiger partial charge on any atom is 0.407 e. The number of ether oxygens (including phenoxy) is 2. The number of amides is 4. The summed E-state index contributed by atoms with van der Waals surface area (Å²) in [6.07, 6.45) is 5.81. The van der Waals surface area contributed by atoms with Crippen molar-refractivity contribution < 1.29 is 28.7 Å². The maximum absolute atomic E-state index is 14.1. The fraction of sp³-hybridized carbons (Fsp3) is 0.292. The van der Waals surface area contributed by atoms with Crippen molar-refractivity contribution in [1.82, 2.24) is 40.4 Å². The van der Waals surface area contributed by atoms with Crippen molar-refractivity contribution in [2.75, 3.05) is 14.2 Å². The third-order valence-corrected chi connectivity index (χ3v) is 12.9. The molecule has 4 N–H and O–H groups in total. The molecule has 4 fully saturated rings. The molecule has 62 heavy (non-hydrogen) atoms. The number of benzene rings is 4. The summed E-state index contributed by atoms with van der Waals surface area (Å²) in [4.78, 5) is 73.3. The van der Waals surface area contributed by atoms with Gasteiger partial charge in [0.2, 0.25) is 0 Å². The molecule has 2 saturated heterocycles. The van der Waals surface area contributed by atoms with Gasteiger partial charge < -0.3 is 39.9 Å². The van der Waals surface area contributed by atoms with E-state index in [1.54, 1.807) is 0 Å². The molecule has 4 amide bonds. The van der Waals surface area contributed by atoms with Crippen molar-refractivity contribution in [3.63, 3.8) is 0 Å². The van der Waals surface area contributed by atoms with Crippen LogP contribution in [0.1, 0.15) is 72.6 Å². The SMILES string of the molecule is COC(=O)N[C@@H](C(=O)N1[C@H](c2ncc(-c3ccc(-c4ccc(-c5cnc([C@@H]6C[C@@H]7C[C@@H]7N6C(=O)[C@H](NC(=O)OC)c6ccccc6)[nH]5)cc4)cc3)[nH]2)C[C@@H]2C[C@@H]21)c1ccccc1. The number of hydrogen-bond donors (Lipinski definition) is 4. The summed E-state index contributed by atoms with van der Waals surface area (Å²) in [6.45, 7) is 0. The van der Waals surface area contributed by atoms with Gasteiger partial charge in [-0.2, -0.15) is 0 Å². The molecule has 8 atom stereocenters. The van der Waals surface area contributed by atoms with Crippen molar-refractivity contribution in [2.45, 2.75) is 61.9 Å². The number of nitrogens with one attached hydrogen (secondary N) is 4. The lowest BCUT2D eigenvalue weighted by Crippen LogP contribution is -2.44. The highest BCUT2D eigenvalue weighted by Crippen LogP contribution is 2.55. The van der Waals surface area contributed by atoms with Crippen LogP contribution in [0.2, 0.25) is 0 Å². The molecule has 2 aliphatic heterocycles. The minimum atomic E-state index is -0.873. The quantitative estimate of drug-likeness (QED) is 0.103. The fourth-order valence-corrected chi connectivity index (χ4v) is 9.54. The van der Waals surface area contributed by atoms with E-state index in [1.807, 2.05) is 82.9 Å². The minimum Gasteiger partial charge on any atom is -0.453 e. The normalized spacial score (nSPS) is 22.8. The van der Waals surface area contributed by atoms with E-state index >= 15 is 0 Å². The van der Waals surface area contributed by atoms with Gasteiger partial charge in [0.1, 0.15) is 23.7 Å². The van der Waals surface area contributed by atoms with Gasteiger partial charge in [-0.3, -0.25) is 9.59 Å². The number of rotatable bonds is 11. The second kappa shape index (κ2) is 16.0. The highest BCUT2D eigenvalue weighted by molar-refractivity contribution is 5.89. The summed E-state index contributed by atoms with van der Waals surface area (Å²) in [6, 6.07) is 33.1. The number of hydrogen-bond acceptors (Lipinski definition) is 8. The lowest BCUT2D eigenvalue weighted by Gasteiger charge is -2.30. The van der Waals surface area contributed by atoms with Gasteiger partial charge in [0.05, 0.1) is 50.1 Å². The molecule has 2 saturated carbocycles.